The first-order valence-corrected chi connectivity index (χ1v) is 6.75. The van der Waals surface area contributed by atoms with Gasteiger partial charge in [0.2, 0.25) is 0 Å². The summed E-state index contributed by atoms with van der Waals surface area (Å²) in [6.07, 6.45) is 0. The highest BCUT2D eigenvalue weighted by atomic mass is 35.5. The number of oxime groups is 1. The summed E-state index contributed by atoms with van der Waals surface area (Å²) in [6, 6.07) is 9.80. The third kappa shape index (κ3) is 3.73. The van der Waals surface area contributed by atoms with Crippen LogP contribution < -0.4 is 4.74 Å². The lowest BCUT2D eigenvalue weighted by atomic mass is 10.1. The molecule has 110 valence electrons. The molecule has 0 spiro atoms. The van der Waals surface area contributed by atoms with E-state index in [0.29, 0.717) is 27.6 Å². The Morgan fingerprint density at radius 1 is 1.29 bits per heavy atom. The Labute approximate surface area is 127 Å². The van der Waals surface area contributed by atoms with E-state index in [-0.39, 0.29) is 12.4 Å². The Kier molecular flexibility index (Phi) is 4.81. The number of aryl methyl sites for hydroxylation is 1. The molecule has 0 amide bonds. The quantitative estimate of drug-likeness (QED) is 0.511. The molecule has 0 heterocycles. The van der Waals surface area contributed by atoms with Crippen molar-refractivity contribution in [3.8, 4) is 5.75 Å². The molecule has 21 heavy (non-hydrogen) atoms. The molecule has 0 radical (unpaired) electrons. The first-order chi connectivity index (χ1) is 10.0. The molecule has 2 rings (SSSR count). The topological polar surface area (TPSA) is 41.8 Å². The Bertz CT molecular complexity index is 686. The lowest BCUT2D eigenvalue weighted by Gasteiger charge is -2.12. The van der Waals surface area contributed by atoms with Crippen LogP contribution in [0.1, 0.15) is 23.6 Å². The molecular weight excluding hydrogens is 293 g/mol. The van der Waals surface area contributed by atoms with Gasteiger partial charge in [0.05, 0.1) is 5.71 Å². The second-order valence-corrected chi connectivity index (χ2v) is 5.15. The van der Waals surface area contributed by atoms with Crippen LogP contribution in [-0.2, 0) is 6.61 Å². The van der Waals surface area contributed by atoms with Crippen LogP contribution in [0.15, 0.2) is 41.6 Å². The first-order valence-electron chi connectivity index (χ1n) is 6.37. The molecule has 0 saturated carbocycles. The maximum atomic E-state index is 13.7. The third-order valence-corrected chi connectivity index (χ3v) is 3.30. The van der Waals surface area contributed by atoms with Gasteiger partial charge in [-0.2, -0.15) is 0 Å². The molecular formula is C16H15ClFNO2. The van der Waals surface area contributed by atoms with Crippen LogP contribution in [0.5, 0.6) is 5.75 Å². The molecule has 0 unspecified atom stereocenters. The number of nitrogens with zero attached hydrogens (tertiary/aromatic N) is 1. The fraction of sp³-hybridized carbons (Fsp3) is 0.188. The molecule has 2 aromatic rings. The summed E-state index contributed by atoms with van der Waals surface area (Å²) in [5.41, 5.74) is 2.47. The number of hydrogen-bond acceptors (Lipinski definition) is 3. The number of benzene rings is 2. The fourth-order valence-electron chi connectivity index (χ4n) is 1.92. The molecule has 5 heteroatoms. The van der Waals surface area contributed by atoms with E-state index in [4.69, 9.17) is 21.5 Å². The lowest BCUT2D eigenvalue weighted by Crippen LogP contribution is -2.04. The van der Waals surface area contributed by atoms with E-state index >= 15 is 0 Å². The van der Waals surface area contributed by atoms with Gasteiger partial charge < -0.3 is 9.94 Å². The first kappa shape index (κ1) is 15.3. The molecule has 0 saturated heterocycles. The van der Waals surface area contributed by atoms with Gasteiger partial charge in [0.25, 0.3) is 0 Å². The molecule has 1 N–H and O–H groups in total. The van der Waals surface area contributed by atoms with E-state index in [1.807, 2.05) is 19.1 Å². The zero-order chi connectivity index (χ0) is 15.4. The van der Waals surface area contributed by atoms with Crippen molar-refractivity contribution >= 4 is 17.3 Å². The highest BCUT2D eigenvalue weighted by Crippen LogP contribution is 2.23. The van der Waals surface area contributed by atoms with Gasteiger partial charge in [0.1, 0.15) is 18.2 Å². The standard InChI is InChI=1S/C16H15ClFNO2/c1-10-3-6-16(14(7-10)11(2)19-20)21-9-12-8-13(17)4-5-15(12)18/h3-8,20H,9H2,1-2H3/b19-11-. The van der Waals surface area contributed by atoms with Crippen LogP contribution in [0.2, 0.25) is 5.02 Å². The molecule has 0 fully saturated rings. The van der Waals surface area contributed by atoms with Crippen molar-refractivity contribution < 1.29 is 14.3 Å². The van der Waals surface area contributed by atoms with Gasteiger partial charge in [0, 0.05) is 16.1 Å². The van der Waals surface area contributed by atoms with Crippen LogP contribution in [0.25, 0.3) is 0 Å². The third-order valence-electron chi connectivity index (χ3n) is 3.07. The van der Waals surface area contributed by atoms with Crippen LogP contribution in [-0.4, -0.2) is 10.9 Å². The van der Waals surface area contributed by atoms with Gasteiger partial charge in [0.15, 0.2) is 0 Å². The average molecular weight is 308 g/mol. The summed E-state index contributed by atoms with van der Waals surface area (Å²) < 4.78 is 19.3. The second kappa shape index (κ2) is 6.59. The van der Waals surface area contributed by atoms with Crippen molar-refractivity contribution in [1.29, 1.82) is 0 Å². The van der Waals surface area contributed by atoms with E-state index in [1.165, 1.54) is 18.2 Å². The normalized spacial score (nSPS) is 11.5. The smallest absolute Gasteiger partial charge is 0.129 e. The Morgan fingerprint density at radius 2 is 2.05 bits per heavy atom. The second-order valence-electron chi connectivity index (χ2n) is 4.71. The summed E-state index contributed by atoms with van der Waals surface area (Å²) in [5, 5.41) is 12.6. The van der Waals surface area contributed by atoms with Crippen LogP contribution in [0.3, 0.4) is 0 Å². The lowest BCUT2D eigenvalue weighted by molar-refractivity contribution is 0.297. The van der Waals surface area contributed by atoms with Crippen LogP contribution in [0.4, 0.5) is 4.39 Å². The van der Waals surface area contributed by atoms with Crippen molar-refractivity contribution in [3.63, 3.8) is 0 Å². The van der Waals surface area contributed by atoms with Gasteiger partial charge in [-0.15, -0.1) is 0 Å². The minimum Gasteiger partial charge on any atom is -0.488 e. The van der Waals surface area contributed by atoms with Gasteiger partial charge >= 0.3 is 0 Å². The predicted molar refractivity (Wildman–Crippen MR) is 80.9 cm³/mol. The zero-order valence-corrected chi connectivity index (χ0v) is 12.5. The minimum absolute atomic E-state index is 0.0428. The highest BCUT2D eigenvalue weighted by molar-refractivity contribution is 6.30. The van der Waals surface area contributed by atoms with Gasteiger partial charge in [-0.05, 0) is 44.2 Å². The summed E-state index contributed by atoms with van der Waals surface area (Å²) >= 11 is 5.85. The van der Waals surface area contributed by atoms with Crippen LogP contribution in [0, 0.1) is 12.7 Å². The van der Waals surface area contributed by atoms with Crippen molar-refractivity contribution in [2.24, 2.45) is 5.16 Å². The molecule has 3 nitrogen and oxygen atoms in total. The molecule has 0 bridgehead atoms. The van der Waals surface area contributed by atoms with Gasteiger partial charge in [-0.3, -0.25) is 0 Å². The zero-order valence-electron chi connectivity index (χ0n) is 11.7. The Morgan fingerprint density at radius 3 is 2.76 bits per heavy atom. The highest BCUT2D eigenvalue weighted by Gasteiger charge is 2.10. The fourth-order valence-corrected chi connectivity index (χ4v) is 2.11. The maximum Gasteiger partial charge on any atom is 0.129 e. The van der Waals surface area contributed by atoms with Crippen molar-refractivity contribution in [3.05, 3.63) is 63.9 Å². The number of hydrogen-bond donors (Lipinski definition) is 1. The molecule has 2 aromatic carbocycles. The number of halogens is 2. The molecule has 0 aliphatic heterocycles. The largest absolute Gasteiger partial charge is 0.488 e. The number of ether oxygens (including phenoxy) is 1. The Balaban J connectivity index is 2.26. The van der Waals surface area contributed by atoms with Crippen molar-refractivity contribution in [2.75, 3.05) is 0 Å². The predicted octanol–water partition coefficient (Wildman–Crippen LogP) is 4.56. The summed E-state index contributed by atoms with van der Waals surface area (Å²) in [4.78, 5) is 0. The average Bonchev–Trinajstić information content (AvgIpc) is 2.48. The van der Waals surface area contributed by atoms with E-state index in [9.17, 15) is 4.39 Å². The van der Waals surface area contributed by atoms with E-state index in [0.717, 1.165) is 5.56 Å². The summed E-state index contributed by atoms with van der Waals surface area (Å²) in [6.45, 7) is 3.64. The molecule has 0 aromatic heterocycles. The summed E-state index contributed by atoms with van der Waals surface area (Å²) in [5.74, 6) is 0.149. The SMILES string of the molecule is C/C(=N/O)c1cc(C)ccc1OCc1cc(Cl)ccc1F. The number of rotatable bonds is 4. The minimum atomic E-state index is -0.374. The van der Waals surface area contributed by atoms with Gasteiger partial charge in [-0.25, -0.2) is 4.39 Å². The van der Waals surface area contributed by atoms with Crippen LogP contribution >= 0.6 is 11.6 Å². The van der Waals surface area contributed by atoms with E-state index in [1.54, 1.807) is 13.0 Å². The van der Waals surface area contributed by atoms with Crippen molar-refractivity contribution in [2.45, 2.75) is 20.5 Å². The summed E-state index contributed by atoms with van der Waals surface area (Å²) in [7, 11) is 0. The van der Waals surface area contributed by atoms with Gasteiger partial charge in [-0.1, -0.05) is 28.4 Å². The van der Waals surface area contributed by atoms with Crippen molar-refractivity contribution in [1.82, 2.24) is 0 Å². The van der Waals surface area contributed by atoms with E-state index in [2.05, 4.69) is 5.16 Å². The Hall–Kier alpha value is -2.07. The maximum absolute atomic E-state index is 13.7. The molecule has 0 aliphatic rings. The molecule has 0 aliphatic carbocycles. The monoisotopic (exact) mass is 307 g/mol. The molecule has 0 atom stereocenters. The van der Waals surface area contributed by atoms with E-state index < -0.39 is 0 Å².